The van der Waals surface area contributed by atoms with Crippen molar-refractivity contribution >= 4 is 28.5 Å². The Hall–Kier alpha value is -2.67. The Balaban J connectivity index is 1.51. The van der Waals surface area contributed by atoms with Crippen molar-refractivity contribution in [3.05, 3.63) is 35.9 Å². The molecule has 0 spiro atoms. The van der Waals surface area contributed by atoms with Gasteiger partial charge in [-0.1, -0.05) is 32.0 Å². The predicted octanol–water partition coefficient (Wildman–Crippen LogP) is 3.08. The molecule has 2 aliphatic heterocycles. The van der Waals surface area contributed by atoms with Crippen LogP contribution in [-0.4, -0.2) is 67.1 Å². The van der Waals surface area contributed by atoms with Crippen LogP contribution in [0.15, 0.2) is 30.3 Å². The number of carbonyl (C=O) groups is 2. The molecule has 3 heterocycles. The standard InChI is InChI=1S/C25H34N4O3/c1-17(2)18(3)26-24(30)19-8-10-28(11-9-19)23-16-21(20-6-4-5-7-22(20)27-23)25(31)29-12-14-32-15-13-29/h4-7,16-19H,8-15H2,1-3H3,(H,26,30). The molecule has 4 rings (SSSR count). The van der Waals surface area contributed by atoms with E-state index in [1.54, 1.807) is 0 Å². The minimum atomic E-state index is 0.0300. The van der Waals surface area contributed by atoms with Crippen LogP contribution in [0.5, 0.6) is 0 Å². The van der Waals surface area contributed by atoms with Gasteiger partial charge in [0.25, 0.3) is 5.91 Å². The van der Waals surface area contributed by atoms with Gasteiger partial charge < -0.3 is 19.9 Å². The van der Waals surface area contributed by atoms with Gasteiger partial charge >= 0.3 is 0 Å². The summed E-state index contributed by atoms with van der Waals surface area (Å²) in [5.74, 6) is 1.45. The number of rotatable bonds is 5. The number of piperidine rings is 1. The van der Waals surface area contributed by atoms with E-state index in [0.29, 0.717) is 37.8 Å². The van der Waals surface area contributed by atoms with Crippen molar-refractivity contribution in [1.82, 2.24) is 15.2 Å². The minimum Gasteiger partial charge on any atom is -0.378 e. The third-order valence-electron chi connectivity index (χ3n) is 6.79. The summed E-state index contributed by atoms with van der Waals surface area (Å²) in [7, 11) is 0. The van der Waals surface area contributed by atoms with Crippen molar-refractivity contribution in [2.24, 2.45) is 11.8 Å². The van der Waals surface area contributed by atoms with Crippen LogP contribution in [0.25, 0.3) is 10.9 Å². The van der Waals surface area contributed by atoms with Gasteiger partial charge in [-0.25, -0.2) is 4.98 Å². The maximum absolute atomic E-state index is 13.3. The van der Waals surface area contributed by atoms with Gasteiger partial charge in [0.15, 0.2) is 0 Å². The number of fused-ring (bicyclic) bond motifs is 1. The van der Waals surface area contributed by atoms with Crippen molar-refractivity contribution in [2.45, 2.75) is 39.7 Å². The lowest BCUT2D eigenvalue weighted by Crippen LogP contribution is -2.44. The third kappa shape index (κ3) is 4.88. The molecular weight excluding hydrogens is 404 g/mol. The highest BCUT2D eigenvalue weighted by molar-refractivity contribution is 6.07. The number of nitrogens with zero attached hydrogens (tertiary/aromatic N) is 3. The van der Waals surface area contributed by atoms with E-state index in [0.717, 1.165) is 42.7 Å². The summed E-state index contributed by atoms with van der Waals surface area (Å²) in [6.45, 7) is 10.2. The molecule has 2 aromatic rings. The lowest BCUT2D eigenvalue weighted by Gasteiger charge is -2.33. The summed E-state index contributed by atoms with van der Waals surface area (Å²) in [6, 6.07) is 9.93. The molecule has 0 saturated carbocycles. The molecule has 0 radical (unpaired) electrons. The first-order valence-electron chi connectivity index (χ1n) is 11.8. The fourth-order valence-corrected chi connectivity index (χ4v) is 4.32. The number of hydrogen-bond acceptors (Lipinski definition) is 5. The number of carbonyl (C=O) groups excluding carboxylic acids is 2. The van der Waals surface area contributed by atoms with Crippen LogP contribution in [0.1, 0.15) is 44.0 Å². The molecule has 32 heavy (non-hydrogen) atoms. The molecule has 1 N–H and O–H groups in total. The summed E-state index contributed by atoms with van der Waals surface area (Å²) in [5.41, 5.74) is 1.52. The molecule has 7 heteroatoms. The van der Waals surface area contributed by atoms with Crippen LogP contribution in [-0.2, 0) is 9.53 Å². The summed E-state index contributed by atoms with van der Waals surface area (Å²) in [6.07, 6.45) is 1.58. The monoisotopic (exact) mass is 438 g/mol. The second-order valence-corrected chi connectivity index (χ2v) is 9.25. The van der Waals surface area contributed by atoms with Crippen molar-refractivity contribution in [1.29, 1.82) is 0 Å². The number of hydrogen-bond donors (Lipinski definition) is 1. The highest BCUT2D eigenvalue weighted by Crippen LogP contribution is 2.28. The van der Waals surface area contributed by atoms with E-state index in [4.69, 9.17) is 9.72 Å². The molecule has 1 atom stereocenters. The molecule has 2 aliphatic rings. The highest BCUT2D eigenvalue weighted by atomic mass is 16.5. The highest BCUT2D eigenvalue weighted by Gasteiger charge is 2.28. The van der Waals surface area contributed by atoms with E-state index >= 15 is 0 Å². The molecule has 1 unspecified atom stereocenters. The molecule has 2 fully saturated rings. The van der Waals surface area contributed by atoms with E-state index in [2.05, 4.69) is 31.0 Å². The Morgan fingerprint density at radius 1 is 1.06 bits per heavy atom. The number of pyridine rings is 1. The SMILES string of the molecule is CC(C)C(C)NC(=O)C1CCN(c2cc(C(=O)N3CCOCC3)c3ccccc3n2)CC1. The second-order valence-electron chi connectivity index (χ2n) is 9.25. The van der Waals surface area contributed by atoms with E-state index < -0.39 is 0 Å². The number of benzene rings is 1. The molecule has 7 nitrogen and oxygen atoms in total. The van der Waals surface area contributed by atoms with Crippen LogP contribution in [0.4, 0.5) is 5.82 Å². The topological polar surface area (TPSA) is 74.8 Å². The van der Waals surface area contributed by atoms with Crippen LogP contribution >= 0.6 is 0 Å². The Morgan fingerprint density at radius 3 is 2.44 bits per heavy atom. The smallest absolute Gasteiger partial charge is 0.254 e. The zero-order valence-corrected chi connectivity index (χ0v) is 19.3. The quantitative estimate of drug-likeness (QED) is 0.777. The number of aromatic nitrogens is 1. The number of anilines is 1. The maximum atomic E-state index is 13.3. The molecule has 172 valence electrons. The lowest BCUT2D eigenvalue weighted by molar-refractivity contribution is -0.126. The number of para-hydroxylation sites is 1. The van der Waals surface area contributed by atoms with Crippen LogP contribution in [0, 0.1) is 11.8 Å². The van der Waals surface area contributed by atoms with Crippen molar-refractivity contribution < 1.29 is 14.3 Å². The normalized spacial score (nSPS) is 18.8. The van der Waals surface area contributed by atoms with E-state index in [1.807, 2.05) is 35.2 Å². The lowest BCUT2D eigenvalue weighted by atomic mass is 9.94. The molecule has 0 aliphatic carbocycles. The first kappa shape index (κ1) is 22.5. The Kier molecular flexibility index (Phi) is 6.94. The van der Waals surface area contributed by atoms with Gasteiger partial charge in [-0.2, -0.15) is 0 Å². The van der Waals surface area contributed by atoms with Crippen LogP contribution in [0.3, 0.4) is 0 Å². The largest absolute Gasteiger partial charge is 0.378 e. The molecule has 2 saturated heterocycles. The Labute approximate surface area is 190 Å². The van der Waals surface area contributed by atoms with Gasteiger partial charge in [-0.15, -0.1) is 0 Å². The van der Waals surface area contributed by atoms with Gasteiger partial charge in [-0.05, 0) is 37.8 Å². The number of nitrogens with one attached hydrogen (secondary N) is 1. The fraction of sp³-hybridized carbons (Fsp3) is 0.560. The molecule has 2 amide bonds. The number of morpholine rings is 1. The average Bonchev–Trinajstić information content (AvgIpc) is 2.83. The van der Waals surface area contributed by atoms with Gasteiger partial charge in [0.2, 0.25) is 5.91 Å². The molecule has 0 bridgehead atoms. The summed E-state index contributed by atoms with van der Waals surface area (Å²) in [5, 5.41) is 4.03. The van der Waals surface area contributed by atoms with Gasteiger partial charge in [0.05, 0.1) is 24.3 Å². The van der Waals surface area contributed by atoms with Gasteiger partial charge in [-0.3, -0.25) is 9.59 Å². The van der Waals surface area contributed by atoms with E-state index in [1.165, 1.54) is 0 Å². The van der Waals surface area contributed by atoms with Crippen molar-refractivity contribution in [2.75, 3.05) is 44.3 Å². The summed E-state index contributed by atoms with van der Waals surface area (Å²) in [4.78, 5) is 34.9. The van der Waals surface area contributed by atoms with Gasteiger partial charge in [0, 0.05) is 43.5 Å². The van der Waals surface area contributed by atoms with Crippen molar-refractivity contribution in [3.8, 4) is 0 Å². The molecule has 1 aromatic carbocycles. The fourth-order valence-electron chi connectivity index (χ4n) is 4.32. The first-order chi connectivity index (χ1) is 15.4. The summed E-state index contributed by atoms with van der Waals surface area (Å²) >= 11 is 0. The average molecular weight is 439 g/mol. The van der Waals surface area contributed by atoms with Gasteiger partial charge in [0.1, 0.15) is 5.82 Å². The number of amides is 2. The predicted molar refractivity (Wildman–Crippen MR) is 126 cm³/mol. The Morgan fingerprint density at radius 2 is 1.75 bits per heavy atom. The van der Waals surface area contributed by atoms with Crippen LogP contribution in [0.2, 0.25) is 0 Å². The van der Waals surface area contributed by atoms with E-state index in [9.17, 15) is 9.59 Å². The zero-order valence-electron chi connectivity index (χ0n) is 19.3. The molecule has 1 aromatic heterocycles. The second kappa shape index (κ2) is 9.86. The third-order valence-corrected chi connectivity index (χ3v) is 6.79. The maximum Gasteiger partial charge on any atom is 0.254 e. The van der Waals surface area contributed by atoms with E-state index in [-0.39, 0.29) is 23.8 Å². The zero-order chi connectivity index (χ0) is 22.7. The Bertz CT molecular complexity index is 963. The van der Waals surface area contributed by atoms with Crippen LogP contribution < -0.4 is 10.2 Å². The first-order valence-corrected chi connectivity index (χ1v) is 11.8. The summed E-state index contributed by atoms with van der Waals surface area (Å²) < 4.78 is 5.41. The molecular formula is C25H34N4O3. The minimum absolute atomic E-state index is 0.0300. The number of ether oxygens (including phenoxy) is 1. The van der Waals surface area contributed by atoms with Crippen molar-refractivity contribution in [3.63, 3.8) is 0 Å².